The van der Waals surface area contributed by atoms with E-state index in [4.69, 9.17) is 22.8 Å². The molecule has 0 radical (unpaired) electrons. The monoisotopic (exact) mass is 975 g/mol. The molecule has 10 heteroatoms. The van der Waals surface area contributed by atoms with Crippen LogP contribution < -0.4 is 0 Å². The molecule has 1 fully saturated rings. The third-order valence-electron chi connectivity index (χ3n) is 15.8. The minimum Gasteiger partial charge on any atom is -0.412 e. The third kappa shape index (κ3) is 13.6. The molecule has 3 aromatic carbocycles. The number of hydrogen-bond donors (Lipinski definition) is 1. The van der Waals surface area contributed by atoms with E-state index >= 15 is 0 Å². The number of benzene rings is 3. The summed E-state index contributed by atoms with van der Waals surface area (Å²) in [6, 6.07) is 31.4. The Morgan fingerprint density at radius 3 is 1.58 bits per heavy atom. The Kier molecular flexibility index (Phi) is 19.6. The zero-order chi connectivity index (χ0) is 50.4. The van der Waals surface area contributed by atoms with Gasteiger partial charge in [0.2, 0.25) is 8.32 Å². The highest BCUT2D eigenvalue weighted by Crippen LogP contribution is 2.48. The summed E-state index contributed by atoms with van der Waals surface area (Å²) in [5.41, 5.74) is 2.09. The second-order valence-corrected chi connectivity index (χ2v) is 38.7. The van der Waals surface area contributed by atoms with Crippen molar-refractivity contribution in [3.63, 3.8) is 0 Å². The lowest BCUT2D eigenvalue weighted by molar-refractivity contribution is -0.150. The van der Waals surface area contributed by atoms with Crippen LogP contribution in [0.25, 0.3) is 0 Å². The number of Topliss-reactive ketones (excluding diaryl/α,β-unsaturated/α-hetero) is 1. The molecule has 0 bridgehead atoms. The van der Waals surface area contributed by atoms with Gasteiger partial charge in [-0.1, -0.05) is 167 Å². The van der Waals surface area contributed by atoms with Gasteiger partial charge in [0.25, 0.3) is 0 Å². The van der Waals surface area contributed by atoms with Crippen molar-refractivity contribution in [3.05, 3.63) is 108 Å². The highest BCUT2D eigenvalue weighted by atomic mass is 28.4. The number of carbonyl (C=O) groups excluding carboxylic acids is 1. The molecule has 1 aliphatic rings. The van der Waals surface area contributed by atoms with Crippen LogP contribution in [0, 0.1) is 11.8 Å². The van der Waals surface area contributed by atoms with Gasteiger partial charge in [-0.2, -0.15) is 0 Å². The van der Waals surface area contributed by atoms with Crippen molar-refractivity contribution >= 4 is 30.7 Å². The van der Waals surface area contributed by atoms with Gasteiger partial charge in [0, 0.05) is 24.7 Å². The van der Waals surface area contributed by atoms with Crippen molar-refractivity contribution in [1.82, 2.24) is 0 Å². The maximum Gasteiger partial charge on any atom is 0.200 e. The average Bonchev–Trinajstić information content (AvgIpc) is 3.67. The third-order valence-corrected chi connectivity index (χ3v) is 27.6. The number of ketones is 1. The standard InChI is InChI=1S/C57H94O7Si3/c1-41(2)67(42(3)4,43(5)6)63-53(44(7)40-60-57(47-29-23-20-24-30-47,48-31-25-21-26-32-48)49-33-27-22-28-34-49)45(8)51(59)39-50(58)35-37-56(14,64-65(15,16)17)52-36-38-55(13,61-52)46(9)62-66(18,19)54(10,11)12/h20-34,41-46,51-53,59H,35-40H2,1-19H3/t44-,45+,46-,51+,52-,53-,55+,56+/m1/s1. The highest BCUT2D eigenvalue weighted by molar-refractivity contribution is 6.77. The summed E-state index contributed by atoms with van der Waals surface area (Å²) >= 11 is 0. The van der Waals surface area contributed by atoms with Gasteiger partial charge in [0.15, 0.2) is 16.6 Å². The minimum absolute atomic E-state index is 0.0270. The van der Waals surface area contributed by atoms with Gasteiger partial charge in [0.05, 0.1) is 42.2 Å². The fraction of sp³-hybridized carbons (Fsp3) is 0.667. The Labute approximate surface area is 412 Å². The first-order valence-corrected chi connectivity index (χ1v) is 34.2. The normalized spacial score (nSPS) is 21.0. The van der Waals surface area contributed by atoms with E-state index in [1.165, 1.54) is 0 Å². The fourth-order valence-corrected chi connectivity index (χ4v) is 19.8. The van der Waals surface area contributed by atoms with Gasteiger partial charge in [-0.15, -0.1) is 0 Å². The maximum absolute atomic E-state index is 14.3. The van der Waals surface area contributed by atoms with Crippen molar-refractivity contribution in [2.24, 2.45) is 11.8 Å². The van der Waals surface area contributed by atoms with Crippen molar-refractivity contribution < 1.29 is 32.7 Å². The molecule has 7 nitrogen and oxygen atoms in total. The van der Waals surface area contributed by atoms with Crippen molar-refractivity contribution in [1.29, 1.82) is 0 Å². The zero-order valence-electron chi connectivity index (χ0n) is 45.5. The number of aliphatic hydroxyl groups is 1. The molecule has 0 unspecified atom stereocenters. The first-order valence-electron chi connectivity index (χ1n) is 25.7. The van der Waals surface area contributed by atoms with E-state index in [9.17, 15) is 9.90 Å². The Balaban J connectivity index is 1.63. The summed E-state index contributed by atoms with van der Waals surface area (Å²) in [7, 11) is -6.58. The first-order chi connectivity index (χ1) is 31.0. The first kappa shape index (κ1) is 57.3. The summed E-state index contributed by atoms with van der Waals surface area (Å²) in [5.74, 6) is -0.459. The van der Waals surface area contributed by atoms with Crippen LogP contribution >= 0.6 is 0 Å². The average molecular weight is 976 g/mol. The SMILES string of the molecule is CC(C)[Si](O[C@@H]([C@@H](C)[C@@H](O)CC(=O)CC[C@](C)(O[Si](C)(C)C)[C@H]1CC[C@@](C)([C@@H](C)O[Si](C)(C)C(C)(C)C)O1)[C@H](C)COC(c1ccccc1)(c1ccccc1)c1ccccc1)(C(C)C)C(C)C. The predicted molar refractivity (Wildman–Crippen MR) is 287 cm³/mol. The summed E-state index contributed by atoms with van der Waals surface area (Å²) in [5, 5.41) is 12.4. The lowest BCUT2D eigenvalue weighted by atomic mass is 9.79. The maximum atomic E-state index is 14.3. The fourth-order valence-electron chi connectivity index (χ4n) is 10.9. The summed E-state index contributed by atoms with van der Waals surface area (Å²) in [6.45, 7) is 43.0. The van der Waals surface area contributed by atoms with Crippen LogP contribution in [0.1, 0.15) is 146 Å². The Morgan fingerprint density at radius 2 is 1.18 bits per heavy atom. The molecule has 1 aliphatic heterocycles. The van der Waals surface area contributed by atoms with E-state index in [2.05, 4.69) is 202 Å². The van der Waals surface area contributed by atoms with E-state index < -0.39 is 47.9 Å². The molecule has 67 heavy (non-hydrogen) atoms. The molecule has 0 aromatic heterocycles. The smallest absolute Gasteiger partial charge is 0.200 e. The van der Waals surface area contributed by atoms with Crippen LogP contribution in [0.2, 0.25) is 54.4 Å². The number of ether oxygens (including phenoxy) is 2. The quantitative estimate of drug-likeness (QED) is 0.0669. The molecule has 1 heterocycles. The number of hydrogen-bond acceptors (Lipinski definition) is 7. The molecule has 0 amide bonds. The highest BCUT2D eigenvalue weighted by Gasteiger charge is 2.53. The number of carbonyl (C=O) groups is 1. The van der Waals surface area contributed by atoms with Crippen LogP contribution in [-0.2, 0) is 33.1 Å². The lowest BCUT2D eigenvalue weighted by Gasteiger charge is -2.48. The molecule has 0 aliphatic carbocycles. The van der Waals surface area contributed by atoms with Crippen LogP contribution in [-0.4, -0.2) is 78.1 Å². The van der Waals surface area contributed by atoms with Crippen LogP contribution in [0.4, 0.5) is 0 Å². The molecule has 3 aromatic rings. The van der Waals surface area contributed by atoms with Crippen LogP contribution in [0.3, 0.4) is 0 Å². The predicted octanol–water partition coefficient (Wildman–Crippen LogP) is 14.9. The van der Waals surface area contributed by atoms with Gasteiger partial charge >= 0.3 is 0 Å². The molecule has 4 rings (SSSR count). The van der Waals surface area contributed by atoms with E-state index in [1.54, 1.807) is 0 Å². The minimum atomic E-state index is -2.47. The molecule has 0 spiro atoms. The Morgan fingerprint density at radius 1 is 0.731 bits per heavy atom. The van der Waals surface area contributed by atoms with Gasteiger partial charge in [-0.05, 0) is 111 Å². The number of rotatable bonds is 25. The van der Waals surface area contributed by atoms with E-state index in [0.29, 0.717) is 29.7 Å². The van der Waals surface area contributed by atoms with Gasteiger partial charge < -0.3 is 27.9 Å². The zero-order valence-corrected chi connectivity index (χ0v) is 48.5. The summed E-state index contributed by atoms with van der Waals surface area (Å²) in [4.78, 5) is 14.3. The van der Waals surface area contributed by atoms with Crippen molar-refractivity contribution in [2.75, 3.05) is 6.61 Å². The van der Waals surface area contributed by atoms with E-state index in [1.807, 2.05) is 18.2 Å². The molecule has 1 saturated heterocycles. The van der Waals surface area contributed by atoms with Gasteiger partial charge in [-0.25, -0.2) is 0 Å². The largest absolute Gasteiger partial charge is 0.412 e. The topological polar surface area (TPSA) is 83.5 Å². The van der Waals surface area contributed by atoms with E-state index in [-0.39, 0.29) is 53.8 Å². The molecular formula is C57H94O7Si3. The molecule has 8 atom stereocenters. The Hall–Kier alpha value is -2.26. The molecule has 376 valence electrons. The van der Waals surface area contributed by atoms with E-state index in [0.717, 1.165) is 29.5 Å². The Bertz CT molecular complexity index is 1840. The lowest BCUT2D eigenvalue weighted by Crippen LogP contribution is -2.54. The summed E-state index contributed by atoms with van der Waals surface area (Å²) in [6.07, 6.45) is 1.01. The van der Waals surface area contributed by atoms with Crippen LogP contribution in [0.15, 0.2) is 91.0 Å². The molecule has 1 N–H and O–H groups in total. The molecule has 0 saturated carbocycles. The molecular weight excluding hydrogens is 881 g/mol. The van der Waals surface area contributed by atoms with Crippen molar-refractivity contribution in [2.45, 2.75) is 225 Å². The second kappa shape index (κ2) is 22.9. The number of aliphatic hydroxyl groups excluding tert-OH is 1. The van der Waals surface area contributed by atoms with Crippen molar-refractivity contribution in [3.8, 4) is 0 Å². The summed E-state index contributed by atoms with van der Waals surface area (Å²) < 4.78 is 36.1. The van der Waals surface area contributed by atoms with Gasteiger partial charge in [-0.3, -0.25) is 4.79 Å². The van der Waals surface area contributed by atoms with Crippen LogP contribution in [0.5, 0.6) is 0 Å². The van der Waals surface area contributed by atoms with Gasteiger partial charge in [0.1, 0.15) is 11.4 Å². The second-order valence-electron chi connectivity index (χ2n) is 24.1.